The summed E-state index contributed by atoms with van der Waals surface area (Å²) in [6.07, 6.45) is 3.60. The number of para-hydroxylation sites is 2. The van der Waals surface area contributed by atoms with Crippen LogP contribution >= 0.6 is 22.7 Å². The monoisotopic (exact) mass is 585 g/mol. The lowest BCUT2D eigenvalue weighted by molar-refractivity contribution is 1.02. The van der Waals surface area contributed by atoms with Crippen molar-refractivity contribution >= 4 is 95.9 Å². The van der Waals surface area contributed by atoms with Crippen LogP contribution in [0.5, 0.6) is 0 Å². The Morgan fingerprint density at radius 3 is 2.21 bits per heavy atom. The molecule has 0 atom stereocenters. The zero-order valence-corrected chi connectivity index (χ0v) is 24.2. The first kappa shape index (κ1) is 23.3. The second kappa shape index (κ2) is 8.64. The largest absolute Gasteiger partial charge is 0.277 e. The van der Waals surface area contributed by atoms with Crippen LogP contribution in [0.15, 0.2) is 116 Å². The summed E-state index contributed by atoms with van der Waals surface area (Å²) in [6, 6.07) is 36.1. The molecule has 0 aliphatic heterocycles. The Morgan fingerprint density at radius 1 is 0.581 bits per heavy atom. The zero-order valence-electron chi connectivity index (χ0n) is 22.5. The van der Waals surface area contributed by atoms with Crippen LogP contribution < -0.4 is 0 Å². The maximum absolute atomic E-state index is 5.34. The fourth-order valence-corrected chi connectivity index (χ4v) is 9.11. The van der Waals surface area contributed by atoms with Crippen LogP contribution in [-0.4, -0.2) is 24.5 Å². The van der Waals surface area contributed by atoms with Crippen molar-refractivity contribution in [1.29, 1.82) is 0 Å². The average Bonchev–Trinajstić information content (AvgIpc) is 3.74. The van der Waals surface area contributed by atoms with Gasteiger partial charge in [-0.1, -0.05) is 84.9 Å². The number of hydrogen-bond donors (Lipinski definition) is 0. The van der Waals surface area contributed by atoms with E-state index in [1.165, 1.54) is 35.6 Å². The van der Waals surface area contributed by atoms with Gasteiger partial charge in [0.05, 0.1) is 22.2 Å². The Morgan fingerprint density at radius 2 is 1.30 bits per heavy atom. The van der Waals surface area contributed by atoms with E-state index in [1.54, 1.807) is 17.7 Å². The lowest BCUT2D eigenvalue weighted by Gasteiger charge is -2.12. The number of nitrogens with zero attached hydrogens (tertiary/aromatic N) is 5. The van der Waals surface area contributed by atoms with Crippen LogP contribution in [0.25, 0.3) is 90.4 Å². The van der Waals surface area contributed by atoms with Crippen molar-refractivity contribution in [1.82, 2.24) is 24.5 Å². The Bertz CT molecular complexity index is 2710. The zero-order chi connectivity index (χ0) is 28.1. The highest BCUT2D eigenvalue weighted by Crippen LogP contribution is 2.51. The Hall–Kier alpha value is -5.24. The molecule has 5 aromatic heterocycles. The molecule has 0 unspecified atom stereocenters. The summed E-state index contributed by atoms with van der Waals surface area (Å²) in [5, 5.41) is 8.21. The first-order valence-corrected chi connectivity index (χ1v) is 15.7. The van der Waals surface area contributed by atoms with E-state index in [0.29, 0.717) is 5.95 Å². The summed E-state index contributed by atoms with van der Waals surface area (Å²) in [5.41, 5.74) is 5.08. The second-order valence-electron chi connectivity index (χ2n) is 10.7. The summed E-state index contributed by atoms with van der Waals surface area (Å²) in [7, 11) is 0. The second-order valence-corrected chi connectivity index (χ2v) is 12.7. The van der Waals surface area contributed by atoms with Gasteiger partial charge in [0.2, 0.25) is 5.95 Å². The molecule has 0 saturated heterocycles. The molecule has 7 heteroatoms. The summed E-state index contributed by atoms with van der Waals surface area (Å²) < 4.78 is 6.06. The van der Waals surface area contributed by atoms with E-state index in [0.717, 1.165) is 48.8 Å². The van der Waals surface area contributed by atoms with Crippen molar-refractivity contribution in [3.05, 3.63) is 116 Å². The molecule has 0 saturated carbocycles. The fraction of sp³-hybridized carbons (Fsp3) is 0. The van der Waals surface area contributed by atoms with Crippen LogP contribution in [0.4, 0.5) is 0 Å². The predicted octanol–water partition coefficient (Wildman–Crippen LogP) is 9.92. The summed E-state index contributed by atoms with van der Waals surface area (Å²) in [6.45, 7) is 0. The van der Waals surface area contributed by atoms with Gasteiger partial charge in [-0.05, 0) is 18.2 Å². The molecule has 0 aliphatic carbocycles. The van der Waals surface area contributed by atoms with Gasteiger partial charge in [0.1, 0.15) is 11.2 Å². The number of benzene rings is 5. The first-order chi connectivity index (χ1) is 21.3. The van der Waals surface area contributed by atoms with Gasteiger partial charge in [0.25, 0.3) is 0 Å². The van der Waals surface area contributed by atoms with E-state index in [1.807, 2.05) is 29.7 Å². The lowest BCUT2D eigenvalue weighted by atomic mass is 10.0. The summed E-state index contributed by atoms with van der Waals surface area (Å²) in [5.74, 6) is 0.654. The normalized spacial score (nSPS) is 12.2. The molecule has 0 bridgehead atoms. The smallest absolute Gasteiger partial charge is 0.235 e. The summed E-state index contributed by atoms with van der Waals surface area (Å²) >= 11 is 3.60. The van der Waals surface area contributed by atoms with Crippen LogP contribution in [0.3, 0.4) is 0 Å². The average molecular weight is 586 g/mol. The minimum Gasteiger partial charge on any atom is -0.277 e. The molecule has 200 valence electrons. The quantitative estimate of drug-likeness (QED) is 0.203. The van der Waals surface area contributed by atoms with Gasteiger partial charge in [-0.3, -0.25) is 4.57 Å². The maximum atomic E-state index is 5.34. The molecule has 5 heterocycles. The van der Waals surface area contributed by atoms with E-state index in [9.17, 15) is 0 Å². The van der Waals surface area contributed by atoms with Crippen molar-refractivity contribution in [3.63, 3.8) is 0 Å². The number of thiophene rings is 2. The fourth-order valence-electron chi connectivity index (χ4n) is 6.59. The molecule has 0 aliphatic rings. The van der Waals surface area contributed by atoms with E-state index < -0.39 is 0 Å². The summed E-state index contributed by atoms with van der Waals surface area (Å²) in [4.78, 5) is 20.7. The third-order valence-corrected chi connectivity index (χ3v) is 10.7. The lowest BCUT2D eigenvalue weighted by Crippen LogP contribution is -2.03. The number of fused-ring (bicyclic) bond motifs is 13. The van der Waals surface area contributed by atoms with Gasteiger partial charge in [0.15, 0.2) is 0 Å². The van der Waals surface area contributed by atoms with E-state index in [-0.39, 0.29) is 0 Å². The Kier molecular flexibility index (Phi) is 4.69. The molecular formula is C36H19N5S2. The SMILES string of the molecule is c1ccc(-c2nc(-n3c4ccccc4c4c5sc6ccccc6c5c5sc6ncncc6c5c43)nc3ccccc23)cc1. The molecule has 5 aromatic carbocycles. The molecule has 0 amide bonds. The van der Waals surface area contributed by atoms with Gasteiger partial charge < -0.3 is 0 Å². The van der Waals surface area contributed by atoms with Crippen molar-refractivity contribution in [2.75, 3.05) is 0 Å². The highest BCUT2D eigenvalue weighted by molar-refractivity contribution is 7.30. The van der Waals surface area contributed by atoms with Crippen LogP contribution in [0.1, 0.15) is 0 Å². The van der Waals surface area contributed by atoms with Crippen molar-refractivity contribution in [3.8, 4) is 17.2 Å². The van der Waals surface area contributed by atoms with E-state index >= 15 is 0 Å². The molecule has 0 N–H and O–H groups in total. The molecule has 0 radical (unpaired) electrons. The van der Waals surface area contributed by atoms with E-state index in [2.05, 4.69) is 101 Å². The Balaban J connectivity index is 1.49. The molecule has 43 heavy (non-hydrogen) atoms. The van der Waals surface area contributed by atoms with E-state index in [4.69, 9.17) is 15.0 Å². The molecule has 0 fully saturated rings. The molecule has 10 aromatic rings. The minimum absolute atomic E-state index is 0.654. The van der Waals surface area contributed by atoms with Crippen molar-refractivity contribution in [2.24, 2.45) is 0 Å². The van der Waals surface area contributed by atoms with Crippen molar-refractivity contribution < 1.29 is 0 Å². The Labute approximate surface area is 252 Å². The third-order valence-electron chi connectivity index (χ3n) is 8.37. The van der Waals surface area contributed by atoms with Gasteiger partial charge in [-0.15, -0.1) is 22.7 Å². The molecule has 0 spiro atoms. The first-order valence-electron chi connectivity index (χ1n) is 14.1. The van der Waals surface area contributed by atoms with Crippen LogP contribution in [-0.2, 0) is 0 Å². The maximum Gasteiger partial charge on any atom is 0.235 e. The number of rotatable bonds is 2. The van der Waals surface area contributed by atoms with Gasteiger partial charge in [-0.25, -0.2) is 19.9 Å². The highest BCUT2D eigenvalue weighted by atomic mass is 32.1. The minimum atomic E-state index is 0.654. The van der Waals surface area contributed by atoms with Crippen LogP contribution in [0, 0.1) is 0 Å². The molecular weight excluding hydrogens is 567 g/mol. The predicted molar refractivity (Wildman–Crippen MR) is 181 cm³/mol. The van der Waals surface area contributed by atoms with Crippen LogP contribution in [0.2, 0.25) is 0 Å². The standard InChI is InChI=1S/C36H19N5S2/c1-2-10-20(11-3-1)31-21-12-4-7-15-25(21)39-36(40-31)41-26-16-8-5-13-22(26)28-32(41)29-24-18-37-19-38-35(24)43-34(29)30-23-14-6-9-17-27(23)42-33(28)30/h1-19H. The number of aromatic nitrogens is 5. The molecule has 5 nitrogen and oxygen atoms in total. The van der Waals surface area contributed by atoms with Gasteiger partial charge >= 0.3 is 0 Å². The third kappa shape index (κ3) is 3.15. The van der Waals surface area contributed by atoms with Crippen molar-refractivity contribution in [2.45, 2.75) is 0 Å². The van der Waals surface area contributed by atoms with Gasteiger partial charge in [0, 0.05) is 63.6 Å². The topological polar surface area (TPSA) is 56.5 Å². The molecule has 10 rings (SSSR count). The highest BCUT2D eigenvalue weighted by Gasteiger charge is 2.26. The number of hydrogen-bond acceptors (Lipinski definition) is 6. The van der Waals surface area contributed by atoms with Gasteiger partial charge in [-0.2, -0.15) is 0 Å².